The van der Waals surface area contributed by atoms with E-state index in [4.69, 9.17) is 16.7 Å². The maximum Gasteiger partial charge on any atom is 0.244 e. The van der Waals surface area contributed by atoms with Crippen LogP contribution in [0.15, 0.2) is 35.4 Å². The molecule has 22 heavy (non-hydrogen) atoms. The van der Waals surface area contributed by atoms with E-state index in [0.29, 0.717) is 22.8 Å². The zero-order valence-electron chi connectivity index (χ0n) is 12.3. The summed E-state index contributed by atoms with van der Waals surface area (Å²) in [6.07, 6.45) is 1.78. The molecule has 2 aromatic rings. The molecule has 6 nitrogen and oxygen atoms in total. The molecule has 1 aromatic heterocycles. The van der Waals surface area contributed by atoms with Crippen molar-refractivity contribution in [2.75, 3.05) is 6.61 Å². The Bertz CT molecular complexity index is 754. The van der Waals surface area contributed by atoms with Crippen LogP contribution in [0.3, 0.4) is 0 Å². The summed E-state index contributed by atoms with van der Waals surface area (Å²) in [4.78, 5) is 0.0688. The highest BCUT2D eigenvalue weighted by atomic mass is 35.5. The van der Waals surface area contributed by atoms with Gasteiger partial charge in [-0.05, 0) is 25.5 Å². The number of aliphatic hydroxyl groups excluding tert-OH is 1. The molecule has 8 heteroatoms. The lowest BCUT2D eigenvalue weighted by molar-refractivity contribution is 0.254. The van der Waals surface area contributed by atoms with E-state index in [0.717, 1.165) is 0 Å². The minimum Gasteiger partial charge on any atom is -0.395 e. The van der Waals surface area contributed by atoms with E-state index in [1.807, 2.05) is 0 Å². The van der Waals surface area contributed by atoms with Gasteiger partial charge in [0.25, 0.3) is 0 Å². The Morgan fingerprint density at radius 3 is 2.68 bits per heavy atom. The van der Waals surface area contributed by atoms with Crippen LogP contribution in [0.4, 0.5) is 0 Å². The van der Waals surface area contributed by atoms with Crippen molar-refractivity contribution < 1.29 is 13.5 Å². The van der Waals surface area contributed by atoms with E-state index >= 15 is 0 Å². The van der Waals surface area contributed by atoms with E-state index in [2.05, 4.69) is 9.82 Å². The van der Waals surface area contributed by atoms with Gasteiger partial charge in [-0.1, -0.05) is 30.7 Å². The number of nitrogens with zero attached hydrogens (tertiary/aromatic N) is 2. The fourth-order valence-corrected chi connectivity index (χ4v) is 3.74. The zero-order chi connectivity index (χ0) is 16.3. The predicted octanol–water partition coefficient (Wildman–Crippen LogP) is 1.88. The molecule has 2 N–H and O–H groups in total. The zero-order valence-corrected chi connectivity index (χ0v) is 13.9. The highest BCUT2D eigenvalue weighted by molar-refractivity contribution is 7.89. The SMILES string of the molecule is CCC(CO)NS(=O)(=O)c1cnn(-c2ccccc2Cl)c1C. The Balaban J connectivity index is 2.42. The van der Waals surface area contributed by atoms with Crippen LogP contribution >= 0.6 is 11.6 Å². The molecule has 1 atom stereocenters. The van der Waals surface area contributed by atoms with Gasteiger partial charge in [-0.15, -0.1) is 0 Å². The number of hydrogen-bond donors (Lipinski definition) is 2. The van der Waals surface area contributed by atoms with Gasteiger partial charge in [0.2, 0.25) is 10.0 Å². The van der Waals surface area contributed by atoms with Crippen molar-refractivity contribution >= 4 is 21.6 Å². The molecule has 0 aliphatic rings. The lowest BCUT2D eigenvalue weighted by Crippen LogP contribution is -2.37. The quantitative estimate of drug-likeness (QED) is 0.838. The van der Waals surface area contributed by atoms with Gasteiger partial charge in [-0.25, -0.2) is 17.8 Å². The first-order chi connectivity index (χ1) is 10.4. The number of rotatable bonds is 6. The molecule has 0 saturated carbocycles. The van der Waals surface area contributed by atoms with Gasteiger partial charge in [0.15, 0.2) is 0 Å². The van der Waals surface area contributed by atoms with Crippen LogP contribution in [-0.2, 0) is 10.0 Å². The normalized spacial score (nSPS) is 13.3. The second kappa shape index (κ2) is 6.78. The van der Waals surface area contributed by atoms with Crippen molar-refractivity contribution in [3.05, 3.63) is 41.2 Å². The van der Waals surface area contributed by atoms with Crippen LogP contribution in [-0.4, -0.2) is 36.0 Å². The molecule has 0 aliphatic carbocycles. The second-order valence-electron chi connectivity index (χ2n) is 4.87. The Kier molecular flexibility index (Phi) is 5.23. The number of aromatic nitrogens is 2. The number of sulfonamides is 1. The summed E-state index contributed by atoms with van der Waals surface area (Å²) in [6.45, 7) is 3.20. The first-order valence-electron chi connectivity index (χ1n) is 6.83. The summed E-state index contributed by atoms with van der Waals surface area (Å²) in [7, 11) is -3.75. The molecule has 1 aromatic carbocycles. The molecule has 0 radical (unpaired) electrons. The minimum atomic E-state index is -3.75. The average Bonchev–Trinajstić information content (AvgIpc) is 2.88. The minimum absolute atomic E-state index is 0.0688. The molecular weight excluding hydrogens is 326 g/mol. The average molecular weight is 344 g/mol. The first kappa shape index (κ1) is 17.0. The van der Waals surface area contributed by atoms with Crippen LogP contribution in [0.1, 0.15) is 19.0 Å². The standard InChI is InChI=1S/C14H18ClN3O3S/c1-3-11(9-19)17-22(20,21)14-8-16-18(10(14)2)13-7-5-4-6-12(13)15/h4-8,11,17,19H,3,9H2,1-2H3. The molecule has 120 valence electrons. The summed E-state index contributed by atoms with van der Waals surface area (Å²) in [5.74, 6) is 0. The third kappa shape index (κ3) is 3.33. The maximum absolute atomic E-state index is 12.4. The van der Waals surface area contributed by atoms with Crippen molar-refractivity contribution in [3.63, 3.8) is 0 Å². The van der Waals surface area contributed by atoms with E-state index in [-0.39, 0.29) is 11.5 Å². The molecular formula is C14H18ClN3O3S. The number of aliphatic hydroxyl groups is 1. The maximum atomic E-state index is 12.4. The molecule has 1 heterocycles. The second-order valence-corrected chi connectivity index (χ2v) is 6.96. The monoisotopic (exact) mass is 343 g/mol. The van der Waals surface area contributed by atoms with Crippen LogP contribution in [0.2, 0.25) is 5.02 Å². The van der Waals surface area contributed by atoms with E-state index in [1.54, 1.807) is 38.1 Å². The van der Waals surface area contributed by atoms with Gasteiger partial charge in [0, 0.05) is 6.04 Å². The summed E-state index contributed by atoms with van der Waals surface area (Å²) in [6, 6.07) is 6.54. The summed E-state index contributed by atoms with van der Waals surface area (Å²) >= 11 is 6.12. The Morgan fingerprint density at radius 1 is 1.41 bits per heavy atom. The Hall–Kier alpha value is -1.41. The summed E-state index contributed by atoms with van der Waals surface area (Å²) in [5.41, 5.74) is 1.06. The fraction of sp³-hybridized carbons (Fsp3) is 0.357. The number of benzene rings is 1. The molecule has 0 aliphatic heterocycles. The number of para-hydroxylation sites is 1. The fourth-order valence-electron chi connectivity index (χ4n) is 2.06. The Morgan fingerprint density at radius 2 is 2.09 bits per heavy atom. The summed E-state index contributed by atoms with van der Waals surface area (Å²) < 4.78 is 28.8. The van der Waals surface area contributed by atoms with Crippen LogP contribution in [0.25, 0.3) is 5.69 Å². The van der Waals surface area contributed by atoms with E-state index < -0.39 is 16.1 Å². The molecule has 0 amide bonds. The lowest BCUT2D eigenvalue weighted by atomic mass is 10.3. The van der Waals surface area contributed by atoms with E-state index in [9.17, 15) is 8.42 Å². The number of nitrogens with one attached hydrogen (secondary N) is 1. The van der Waals surface area contributed by atoms with Crippen molar-refractivity contribution in [1.82, 2.24) is 14.5 Å². The van der Waals surface area contributed by atoms with Gasteiger partial charge in [0.05, 0.1) is 29.2 Å². The number of halogens is 1. The van der Waals surface area contributed by atoms with Crippen molar-refractivity contribution in [1.29, 1.82) is 0 Å². The van der Waals surface area contributed by atoms with E-state index in [1.165, 1.54) is 10.9 Å². The van der Waals surface area contributed by atoms with Gasteiger partial charge < -0.3 is 5.11 Å². The lowest BCUT2D eigenvalue weighted by Gasteiger charge is -2.14. The predicted molar refractivity (Wildman–Crippen MR) is 84.8 cm³/mol. The molecule has 0 bridgehead atoms. The molecule has 2 rings (SSSR count). The van der Waals surface area contributed by atoms with Crippen LogP contribution < -0.4 is 4.72 Å². The smallest absolute Gasteiger partial charge is 0.244 e. The molecule has 0 saturated heterocycles. The first-order valence-corrected chi connectivity index (χ1v) is 8.69. The van der Waals surface area contributed by atoms with Crippen molar-refractivity contribution in [2.45, 2.75) is 31.2 Å². The van der Waals surface area contributed by atoms with Crippen LogP contribution in [0.5, 0.6) is 0 Å². The van der Waals surface area contributed by atoms with Gasteiger partial charge in [-0.2, -0.15) is 5.10 Å². The van der Waals surface area contributed by atoms with Gasteiger partial charge in [0.1, 0.15) is 4.90 Å². The molecule has 0 spiro atoms. The van der Waals surface area contributed by atoms with Gasteiger partial charge in [-0.3, -0.25) is 0 Å². The topological polar surface area (TPSA) is 84.2 Å². The Labute approximate surface area is 134 Å². The highest BCUT2D eigenvalue weighted by Crippen LogP contribution is 2.24. The van der Waals surface area contributed by atoms with Gasteiger partial charge >= 0.3 is 0 Å². The molecule has 1 unspecified atom stereocenters. The van der Waals surface area contributed by atoms with Crippen molar-refractivity contribution in [2.24, 2.45) is 0 Å². The largest absolute Gasteiger partial charge is 0.395 e. The highest BCUT2D eigenvalue weighted by Gasteiger charge is 2.24. The van der Waals surface area contributed by atoms with Crippen LogP contribution in [0, 0.1) is 6.92 Å². The third-order valence-corrected chi connectivity index (χ3v) is 5.31. The number of hydrogen-bond acceptors (Lipinski definition) is 4. The summed E-state index contributed by atoms with van der Waals surface area (Å²) in [5, 5.41) is 13.8. The molecule has 0 fully saturated rings. The van der Waals surface area contributed by atoms with Crippen molar-refractivity contribution in [3.8, 4) is 5.69 Å². The third-order valence-electron chi connectivity index (χ3n) is 3.37.